The molecule has 5 nitrogen and oxygen atoms in total. The van der Waals surface area contributed by atoms with E-state index in [4.69, 9.17) is 9.84 Å². The van der Waals surface area contributed by atoms with Gasteiger partial charge in [-0.2, -0.15) is 0 Å². The SMILES string of the molecule is O=C(O)Oc1ccc2c(ccn2Cc2cc(F)ccc2OCc2cc(F)c(F)c(F)c2)c1. The van der Waals surface area contributed by atoms with Gasteiger partial charge in [0.15, 0.2) is 17.5 Å². The summed E-state index contributed by atoms with van der Waals surface area (Å²) >= 11 is 0. The molecule has 4 rings (SSSR count). The lowest BCUT2D eigenvalue weighted by Crippen LogP contribution is -2.05. The van der Waals surface area contributed by atoms with Crippen LogP contribution in [-0.2, 0) is 13.2 Å². The summed E-state index contributed by atoms with van der Waals surface area (Å²) < 4.78 is 66.0. The Morgan fingerprint density at radius 2 is 1.69 bits per heavy atom. The number of ether oxygens (including phenoxy) is 2. The van der Waals surface area contributed by atoms with Crippen molar-refractivity contribution in [3.05, 3.63) is 95.2 Å². The Bertz CT molecular complexity index is 1300. The second-order valence-corrected chi connectivity index (χ2v) is 6.95. The second-order valence-electron chi connectivity index (χ2n) is 6.95. The number of carbonyl (C=O) groups is 1. The van der Waals surface area contributed by atoms with Gasteiger partial charge >= 0.3 is 6.16 Å². The predicted octanol–water partition coefficient (Wildman–Crippen LogP) is 5.88. The van der Waals surface area contributed by atoms with Crippen molar-refractivity contribution in [2.45, 2.75) is 13.2 Å². The summed E-state index contributed by atoms with van der Waals surface area (Å²) in [6, 6.07) is 12.0. The molecule has 4 aromatic rings. The molecule has 0 bridgehead atoms. The minimum atomic E-state index is -1.56. The normalized spacial score (nSPS) is 11.0. The highest BCUT2D eigenvalue weighted by Crippen LogP contribution is 2.27. The summed E-state index contributed by atoms with van der Waals surface area (Å²) in [6.45, 7) is -0.0586. The molecule has 1 aromatic heterocycles. The monoisotopic (exact) mass is 445 g/mol. The molecule has 164 valence electrons. The molecule has 0 saturated heterocycles. The summed E-state index contributed by atoms with van der Waals surface area (Å²) in [5.74, 6) is -4.27. The number of carboxylic acid groups (broad SMARTS) is 1. The maximum atomic E-state index is 13.9. The van der Waals surface area contributed by atoms with E-state index in [1.807, 2.05) is 0 Å². The van der Waals surface area contributed by atoms with Crippen LogP contribution in [0.3, 0.4) is 0 Å². The van der Waals surface area contributed by atoms with Crippen LogP contribution in [0.15, 0.2) is 60.8 Å². The van der Waals surface area contributed by atoms with E-state index in [9.17, 15) is 22.4 Å². The Kier molecular flexibility index (Phi) is 5.72. The standard InChI is InChI=1S/C23H15F4NO4/c24-16-1-4-21(31-12-13-7-18(25)22(27)19(26)8-13)15(9-16)11-28-6-5-14-10-17(32-23(29)30)2-3-20(14)28/h1-10H,11-12H2,(H,29,30). The van der Waals surface area contributed by atoms with Crippen LogP contribution in [0.4, 0.5) is 22.4 Å². The molecular weight excluding hydrogens is 430 g/mol. The number of hydrogen-bond donors (Lipinski definition) is 1. The molecule has 3 aromatic carbocycles. The second kappa shape index (κ2) is 8.62. The van der Waals surface area contributed by atoms with E-state index in [-0.39, 0.29) is 30.2 Å². The quantitative estimate of drug-likeness (QED) is 0.174. The van der Waals surface area contributed by atoms with Crippen LogP contribution >= 0.6 is 0 Å². The van der Waals surface area contributed by atoms with E-state index in [0.29, 0.717) is 10.9 Å². The third-order valence-electron chi connectivity index (χ3n) is 4.75. The fraction of sp³-hybridized carbons (Fsp3) is 0.0870. The molecule has 1 N–H and O–H groups in total. The van der Waals surface area contributed by atoms with Gasteiger partial charge in [-0.25, -0.2) is 22.4 Å². The molecule has 0 unspecified atom stereocenters. The van der Waals surface area contributed by atoms with Crippen molar-refractivity contribution in [3.63, 3.8) is 0 Å². The predicted molar refractivity (Wildman–Crippen MR) is 107 cm³/mol. The average Bonchev–Trinajstić information content (AvgIpc) is 3.13. The zero-order chi connectivity index (χ0) is 22.8. The van der Waals surface area contributed by atoms with Crippen LogP contribution < -0.4 is 9.47 Å². The first kappa shape index (κ1) is 21.2. The van der Waals surface area contributed by atoms with Crippen LogP contribution in [0.2, 0.25) is 0 Å². The molecular formula is C23H15F4NO4. The number of fused-ring (bicyclic) bond motifs is 1. The fourth-order valence-corrected chi connectivity index (χ4v) is 3.33. The number of benzene rings is 3. The van der Waals surface area contributed by atoms with Crippen molar-refractivity contribution < 1.29 is 36.9 Å². The van der Waals surface area contributed by atoms with Crippen molar-refractivity contribution in [3.8, 4) is 11.5 Å². The van der Waals surface area contributed by atoms with Gasteiger partial charge in [0.2, 0.25) is 0 Å². The van der Waals surface area contributed by atoms with Crippen molar-refractivity contribution in [1.29, 1.82) is 0 Å². The van der Waals surface area contributed by atoms with Crippen molar-refractivity contribution in [1.82, 2.24) is 4.57 Å². The van der Waals surface area contributed by atoms with Gasteiger partial charge in [0.1, 0.15) is 23.9 Å². The highest BCUT2D eigenvalue weighted by atomic mass is 19.2. The minimum absolute atomic E-state index is 0.0778. The van der Waals surface area contributed by atoms with E-state index in [1.54, 1.807) is 29.0 Å². The van der Waals surface area contributed by atoms with Crippen molar-refractivity contribution in [2.75, 3.05) is 0 Å². The Balaban J connectivity index is 1.58. The minimum Gasteiger partial charge on any atom is -0.489 e. The molecule has 0 aliphatic rings. The topological polar surface area (TPSA) is 60.7 Å². The van der Waals surface area contributed by atoms with E-state index in [0.717, 1.165) is 17.6 Å². The van der Waals surface area contributed by atoms with Gasteiger partial charge in [-0.15, -0.1) is 0 Å². The van der Waals surface area contributed by atoms with Gasteiger partial charge in [0.25, 0.3) is 0 Å². The molecule has 1 heterocycles. The van der Waals surface area contributed by atoms with E-state index in [2.05, 4.69) is 4.74 Å². The first-order chi connectivity index (χ1) is 15.3. The summed E-state index contributed by atoms with van der Waals surface area (Å²) in [5.41, 5.74) is 1.27. The Labute approximate surface area is 179 Å². The molecule has 32 heavy (non-hydrogen) atoms. The number of hydrogen-bond acceptors (Lipinski definition) is 3. The number of nitrogens with zero attached hydrogens (tertiary/aromatic N) is 1. The molecule has 0 fully saturated rings. The Morgan fingerprint density at radius 3 is 2.41 bits per heavy atom. The lowest BCUT2D eigenvalue weighted by Gasteiger charge is -2.14. The molecule has 0 radical (unpaired) electrons. The Hall–Kier alpha value is -4.01. The maximum Gasteiger partial charge on any atom is 0.511 e. The summed E-state index contributed by atoms with van der Waals surface area (Å²) in [6.07, 6.45) is 0.306. The molecule has 0 saturated carbocycles. The highest BCUT2D eigenvalue weighted by Gasteiger charge is 2.13. The Morgan fingerprint density at radius 1 is 0.938 bits per heavy atom. The summed E-state index contributed by atoms with van der Waals surface area (Å²) in [4.78, 5) is 10.7. The van der Waals surface area contributed by atoms with Crippen molar-refractivity contribution >= 4 is 17.1 Å². The third kappa shape index (κ3) is 4.51. The molecule has 0 spiro atoms. The van der Waals surface area contributed by atoms with Crippen LogP contribution in [-0.4, -0.2) is 15.8 Å². The zero-order valence-electron chi connectivity index (χ0n) is 16.3. The lowest BCUT2D eigenvalue weighted by atomic mass is 10.1. The highest BCUT2D eigenvalue weighted by molar-refractivity contribution is 5.82. The van der Waals surface area contributed by atoms with Crippen LogP contribution in [0.5, 0.6) is 11.5 Å². The van der Waals surface area contributed by atoms with Crippen LogP contribution in [0, 0.1) is 23.3 Å². The van der Waals surface area contributed by atoms with Gasteiger partial charge in [0.05, 0.1) is 6.54 Å². The third-order valence-corrected chi connectivity index (χ3v) is 4.75. The number of aromatic nitrogens is 1. The first-order valence-electron chi connectivity index (χ1n) is 9.34. The zero-order valence-corrected chi connectivity index (χ0v) is 16.3. The van der Waals surface area contributed by atoms with Crippen molar-refractivity contribution in [2.24, 2.45) is 0 Å². The summed E-state index contributed by atoms with van der Waals surface area (Å²) in [5, 5.41) is 9.44. The number of rotatable bonds is 6. The molecule has 0 atom stereocenters. The van der Waals surface area contributed by atoms with Crippen LogP contribution in [0.1, 0.15) is 11.1 Å². The summed E-state index contributed by atoms with van der Waals surface area (Å²) in [7, 11) is 0. The van der Waals surface area contributed by atoms with Gasteiger partial charge in [0, 0.05) is 22.7 Å². The first-order valence-corrected chi connectivity index (χ1v) is 9.34. The molecule has 9 heteroatoms. The average molecular weight is 445 g/mol. The number of halogens is 4. The van der Waals surface area contributed by atoms with E-state index in [1.165, 1.54) is 24.3 Å². The van der Waals surface area contributed by atoms with E-state index < -0.39 is 29.4 Å². The lowest BCUT2D eigenvalue weighted by molar-refractivity contribution is 0.144. The van der Waals surface area contributed by atoms with Gasteiger partial charge in [-0.1, -0.05) is 0 Å². The molecule has 0 aliphatic carbocycles. The fourth-order valence-electron chi connectivity index (χ4n) is 3.33. The molecule has 0 aliphatic heterocycles. The smallest absolute Gasteiger partial charge is 0.489 e. The largest absolute Gasteiger partial charge is 0.511 e. The maximum absolute atomic E-state index is 13.9. The van der Waals surface area contributed by atoms with Crippen LogP contribution in [0.25, 0.3) is 10.9 Å². The molecule has 0 amide bonds. The van der Waals surface area contributed by atoms with E-state index >= 15 is 0 Å². The van der Waals surface area contributed by atoms with Gasteiger partial charge in [-0.05, 0) is 60.2 Å². The van der Waals surface area contributed by atoms with Gasteiger partial charge in [-0.3, -0.25) is 0 Å². The van der Waals surface area contributed by atoms with Gasteiger partial charge < -0.3 is 19.1 Å².